The van der Waals surface area contributed by atoms with Crippen molar-refractivity contribution in [2.45, 2.75) is 32.4 Å². The Hall–Kier alpha value is -0.940. The molecule has 0 spiro atoms. The molecule has 1 N–H and O–H groups in total. The van der Waals surface area contributed by atoms with Crippen LogP contribution in [-0.4, -0.2) is 33.5 Å². The van der Waals surface area contributed by atoms with Gasteiger partial charge in [0.25, 0.3) is 0 Å². The van der Waals surface area contributed by atoms with E-state index in [1.807, 2.05) is 6.20 Å². The van der Waals surface area contributed by atoms with Crippen molar-refractivity contribution in [2.75, 3.05) is 6.54 Å². The molecule has 88 valence electrons. The summed E-state index contributed by atoms with van der Waals surface area (Å²) >= 11 is 1.59. The van der Waals surface area contributed by atoms with Crippen molar-refractivity contribution >= 4 is 17.3 Å². The first-order chi connectivity index (χ1) is 7.66. The summed E-state index contributed by atoms with van der Waals surface area (Å²) in [5.41, 5.74) is 1.79. The topological polar surface area (TPSA) is 53.4 Å². The second-order valence-electron chi connectivity index (χ2n) is 4.42. The Bertz CT molecular complexity index is 353. The van der Waals surface area contributed by atoms with Gasteiger partial charge in [0.15, 0.2) is 0 Å². The van der Waals surface area contributed by atoms with Crippen molar-refractivity contribution in [3.8, 4) is 0 Å². The molecule has 1 fully saturated rings. The van der Waals surface area contributed by atoms with Crippen LogP contribution in [0.3, 0.4) is 0 Å². The Morgan fingerprint density at radius 1 is 1.75 bits per heavy atom. The summed E-state index contributed by atoms with van der Waals surface area (Å²) < 4.78 is 0. The maximum absolute atomic E-state index is 11.2. The fraction of sp³-hybridized carbons (Fsp3) is 0.636. The smallest absolute Gasteiger partial charge is 0.320 e. The highest BCUT2D eigenvalue weighted by molar-refractivity contribution is 7.09. The molecule has 1 aromatic rings. The Kier molecular flexibility index (Phi) is 3.56. The molecule has 2 atom stereocenters. The Morgan fingerprint density at radius 3 is 3.19 bits per heavy atom. The van der Waals surface area contributed by atoms with Crippen LogP contribution < -0.4 is 0 Å². The van der Waals surface area contributed by atoms with Crippen molar-refractivity contribution in [2.24, 2.45) is 5.92 Å². The van der Waals surface area contributed by atoms with Crippen LogP contribution in [0, 0.1) is 5.92 Å². The molecule has 0 bridgehead atoms. The van der Waals surface area contributed by atoms with Gasteiger partial charge < -0.3 is 5.11 Å². The number of nitrogens with zero attached hydrogens (tertiary/aromatic N) is 2. The van der Waals surface area contributed by atoms with E-state index >= 15 is 0 Å². The zero-order valence-electron chi connectivity index (χ0n) is 9.30. The molecule has 4 nitrogen and oxygen atoms in total. The summed E-state index contributed by atoms with van der Waals surface area (Å²) in [6.07, 6.45) is 3.67. The van der Waals surface area contributed by atoms with E-state index in [4.69, 9.17) is 0 Å². The Labute approximate surface area is 98.9 Å². The van der Waals surface area contributed by atoms with Crippen molar-refractivity contribution in [1.29, 1.82) is 0 Å². The predicted octanol–water partition coefficient (Wildman–Crippen LogP) is 1.83. The molecule has 0 saturated carbocycles. The van der Waals surface area contributed by atoms with E-state index in [2.05, 4.69) is 16.8 Å². The highest BCUT2D eigenvalue weighted by Gasteiger charge is 2.31. The lowest BCUT2D eigenvalue weighted by Crippen LogP contribution is -2.46. The summed E-state index contributed by atoms with van der Waals surface area (Å²) in [7, 11) is 0. The first-order valence-corrected chi connectivity index (χ1v) is 6.39. The third kappa shape index (κ3) is 2.59. The molecule has 5 heteroatoms. The number of piperidine rings is 1. The van der Waals surface area contributed by atoms with Gasteiger partial charge in [0, 0.05) is 17.6 Å². The predicted molar refractivity (Wildman–Crippen MR) is 62.3 cm³/mol. The van der Waals surface area contributed by atoms with E-state index in [0.717, 1.165) is 24.3 Å². The number of likely N-dealkylation sites (tertiary alicyclic amines) is 1. The fourth-order valence-electron chi connectivity index (χ4n) is 2.16. The minimum atomic E-state index is -0.698. The van der Waals surface area contributed by atoms with Crippen LogP contribution in [0.25, 0.3) is 0 Å². The van der Waals surface area contributed by atoms with E-state index in [-0.39, 0.29) is 6.04 Å². The average molecular weight is 240 g/mol. The van der Waals surface area contributed by atoms with Crippen LogP contribution in [0.5, 0.6) is 0 Å². The maximum atomic E-state index is 11.2. The molecular formula is C11H16N2O2S. The number of aromatic nitrogens is 1. The van der Waals surface area contributed by atoms with E-state index in [0.29, 0.717) is 12.5 Å². The minimum Gasteiger partial charge on any atom is -0.480 e. The normalized spacial score (nSPS) is 26.8. The van der Waals surface area contributed by atoms with Gasteiger partial charge in [-0.2, -0.15) is 0 Å². The third-order valence-corrected chi connectivity index (χ3v) is 3.87. The standard InChI is InChI=1S/C11H16N2O2S/c1-8-2-3-13(10(4-8)11(14)15)6-9-5-12-7-16-9/h5,7-8,10H,2-4,6H2,1H3,(H,14,15). The largest absolute Gasteiger partial charge is 0.480 e. The number of carboxylic acid groups (broad SMARTS) is 1. The molecule has 2 unspecified atom stereocenters. The number of hydrogen-bond acceptors (Lipinski definition) is 4. The second kappa shape index (κ2) is 4.93. The maximum Gasteiger partial charge on any atom is 0.320 e. The van der Waals surface area contributed by atoms with Crippen LogP contribution in [0.2, 0.25) is 0 Å². The molecular weight excluding hydrogens is 224 g/mol. The summed E-state index contributed by atoms with van der Waals surface area (Å²) in [6, 6.07) is -0.328. The summed E-state index contributed by atoms with van der Waals surface area (Å²) in [4.78, 5) is 18.4. The molecule has 1 aromatic heterocycles. The number of hydrogen-bond donors (Lipinski definition) is 1. The zero-order valence-corrected chi connectivity index (χ0v) is 10.1. The van der Waals surface area contributed by atoms with Crippen LogP contribution in [0.15, 0.2) is 11.7 Å². The van der Waals surface area contributed by atoms with Crippen LogP contribution in [0.1, 0.15) is 24.6 Å². The van der Waals surface area contributed by atoms with Crippen LogP contribution in [0.4, 0.5) is 0 Å². The molecule has 0 aromatic carbocycles. The fourth-order valence-corrected chi connectivity index (χ4v) is 2.78. The Morgan fingerprint density at radius 2 is 2.56 bits per heavy atom. The quantitative estimate of drug-likeness (QED) is 0.875. The van der Waals surface area contributed by atoms with Crippen molar-refractivity contribution in [3.63, 3.8) is 0 Å². The number of carbonyl (C=O) groups is 1. The number of aliphatic carboxylic acids is 1. The third-order valence-electron chi connectivity index (χ3n) is 3.10. The van der Waals surface area contributed by atoms with E-state index in [9.17, 15) is 9.90 Å². The monoisotopic (exact) mass is 240 g/mol. The van der Waals surface area contributed by atoms with Gasteiger partial charge in [0.05, 0.1) is 5.51 Å². The lowest BCUT2D eigenvalue weighted by molar-refractivity contribution is -0.145. The highest BCUT2D eigenvalue weighted by Crippen LogP contribution is 2.25. The van der Waals surface area contributed by atoms with E-state index < -0.39 is 5.97 Å². The highest BCUT2D eigenvalue weighted by atomic mass is 32.1. The van der Waals surface area contributed by atoms with E-state index in [1.54, 1.807) is 16.8 Å². The molecule has 1 saturated heterocycles. The molecule has 16 heavy (non-hydrogen) atoms. The van der Waals surface area contributed by atoms with E-state index in [1.165, 1.54) is 0 Å². The molecule has 2 heterocycles. The lowest BCUT2D eigenvalue weighted by atomic mass is 9.92. The van der Waals surface area contributed by atoms with Crippen LogP contribution >= 0.6 is 11.3 Å². The molecule has 2 rings (SSSR count). The van der Waals surface area contributed by atoms with Gasteiger partial charge in [0.1, 0.15) is 6.04 Å². The van der Waals surface area contributed by atoms with Gasteiger partial charge in [-0.15, -0.1) is 11.3 Å². The van der Waals surface area contributed by atoms with Gasteiger partial charge in [-0.1, -0.05) is 6.92 Å². The lowest BCUT2D eigenvalue weighted by Gasteiger charge is -2.35. The minimum absolute atomic E-state index is 0.328. The molecule has 0 amide bonds. The van der Waals surface area contributed by atoms with Gasteiger partial charge in [0.2, 0.25) is 0 Å². The van der Waals surface area contributed by atoms with Gasteiger partial charge >= 0.3 is 5.97 Å². The summed E-state index contributed by atoms with van der Waals surface area (Å²) in [6.45, 7) is 3.71. The van der Waals surface area contributed by atoms with Gasteiger partial charge in [-0.25, -0.2) is 0 Å². The molecule has 1 aliphatic heterocycles. The number of carboxylic acids is 1. The Balaban J connectivity index is 2.04. The molecule has 0 radical (unpaired) electrons. The van der Waals surface area contributed by atoms with Gasteiger partial charge in [-0.05, 0) is 25.3 Å². The SMILES string of the molecule is CC1CCN(Cc2cncs2)C(C(=O)O)C1. The average Bonchev–Trinajstić information content (AvgIpc) is 2.73. The first-order valence-electron chi connectivity index (χ1n) is 5.51. The van der Waals surface area contributed by atoms with Crippen molar-refractivity contribution in [3.05, 3.63) is 16.6 Å². The zero-order chi connectivity index (χ0) is 11.5. The second-order valence-corrected chi connectivity index (χ2v) is 5.39. The van der Waals surface area contributed by atoms with Gasteiger partial charge in [-0.3, -0.25) is 14.7 Å². The first kappa shape index (κ1) is 11.5. The summed E-state index contributed by atoms with van der Waals surface area (Å²) in [5, 5.41) is 9.20. The number of rotatable bonds is 3. The molecule has 0 aliphatic carbocycles. The number of thiazole rings is 1. The van der Waals surface area contributed by atoms with Crippen LogP contribution in [-0.2, 0) is 11.3 Å². The van der Waals surface area contributed by atoms with Crippen molar-refractivity contribution < 1.29 is 9.90 Å². The van der Waals surface area contributed by atoms with Crippen molar-refractivity contribution in [1.82, 2.24) is 9.88 Å². The summed E-state index contributed by atoms with van der Waals surface area (Å²) in [5.74, 6) is -0.185. The molecule has 1 aliphatic rings.